The molecule has 0 spiro atoms. The second-order valence-electron chi connectivity index (χ2n) is 7.49. The molecule has 1 amide bonds. The van der Waals surface area contributed by atoms with Crippen molar-refractivity contribution < 1.29 is 19.1 Å². The monoisotopic (exact) mass is 412 g/mol. The second-order valence-corrected chi connectivity index (χ2v) is 8.44. The number of nitrogens with zero attached hydrogens (tertiary/aromatic N) is 2. The van der Waals surface area contributed by atoms with Crippen LogP contribution in [0.15, 0.2) is 41.8 Å². The first-order valence-electron chi connectivity index (χ1n) is 9.85. The Morgan fingerprint density at radius 3 is 2.48 bits per heavy atom. The molecule has 4 rings (SSSR count). The van der Waals surface area contributed by atoms with Crippen molar-refractivity contribution in [3.05, 3.63) is 57.8 Å². The number of morpholine rings is 1. The molecule has 7 heteroatoms. The third kappa shape index (κ3) is 4.03. The Morgan fingerprint density at radius 1 is 1.10 bits per heavy atom. The average molecular weight is 413 g/mol. The fraction of sp³-hybridized carbons (Fsp3) is 0.409. The van der Waals surface area contributed by atoms with Gasteiger partial charge in [0.2, 0.25) is 5.78 Å². The number of ether oxygens (including phenoxy) is 1. The van der Waals surface area contributed by atoms with E-state index >= 15 is 0 Å². The molecule has 29 heavy (non-hydrogen) atoms. The molecule has 2 aliphatic rings. The minimum absolute atomic E-state index is 0.266. The van der Waals surface area contributed by atoms with Crippen molar-refractivity contribution in [3.63, 3.8) is 0 Å². The Labute approximate surface area is 174 Å². The van der Waals surface area contributed by atoms with Crippen LogP contribution >= 0.6 is 11.3 Å². The van der Waals surface area contributed by atoms with Gasteiger partial charge >= 0.3 is 0 Å². The zero-order valence-electron chi connectivity index (χ0n) is 16.4. The van der Waals surface area contributed by atoms with Gasteiger partial charge in [-0.2, -0.15) is 0 Å². The first-order chi connectivity index (χ1) is 14.1. The lowest BCUT2D eigenvalue weighted by molar-refractivity contribution is -0.141. The molecule has 2 fully saturated rings. The number of hydrogen-bond donors (Lipinski definition) is 0. The summed E-state index contributed by atoms with van der Waals surface area (Å²) in [5.74, 6) is -2.42. The molecule has 0 radical (unpaired) electrons. The van der Waals surface area contributed by atoms with E-state index in [1.165, 1.54) is 11.3 Å². The van der Waals surface area contributed by atoms with Crippen LogP contribution in [0.2, 0.25) is 0 Å². The van der Waals surface area contributed by atoms with E-state index in [0.29, 0.717) is 31.2 Å². The summed E-state index contributed by atoms with van der Waals surface area (Å²) in [5.41, 5.74) is 1.91. The van der Waals surface area contributed by atoms with Gasteiger partial charge in [0, 0.05) is 26.2 Å². The molecule has 0 bridgehead atoms. The Hall–Kier alpha value is -2.35. The van der Waals surface area contributed by atoms with Gasteiger partial charge < -0.3 is 9.64 Å². The summed E-state index contributed by atoms with van der Waals surface area (Å²) in [4.78, 5) is 43.3. The van der Waals surface area contributed by atoms with E-state index < -0.39 is 23.7 Å². The molecule has 2 saturated heterocycles. The number of carbonyl (C=O) groups excluding carboxylic acids is 3. The van der Waals surface area contributed by atoms with Crippen molar-refractivity contribution in [2.75, 3.05) is 39.4 Å². The Kier molecular flexibility index (Phi) is 5.89. The fourth-order valence-electron chi connectivity index (χ4n) is 4.01. The highest BCUT2D eigenvalue weighted by Gasteiger charge is 2.51. The number of ketones is 2. The molecular weight excluding hydrogens is 388 g/mol. The molecule has 152 valence electrons. The van der Waals surface area contributed by atoms with E-state index in [9.17, 15) is 14.4 Å². The van der Waals surface area contributed by atoms with Crippen molar-refractivity contribution in [1.82, 2.24) is 9.80 Å². The van der Waals surface area contributed by atoms with Gasteiger partial charge in [0.25, 0.3) is 5.91 Å². The van der Waals surface area contributed by atoms with E-state index in [4.69, 9.17) is 4.74 Å². The van der Waals surface area contributed by atoms with Gasteiger partial charge in [0.15, 0.2) is 5.78 Å². The number of likely N-dealkylation sites (tertiary alicyclic amines) is 1. The Morgan fingerprint density at radius 2 is 1.83 bits per heavy atom. The standard InChI is InChI=1S/C22H24N2O4S/c1-15-4-6-16(7-5-15)19-18(20(25)17-3-2-14-29-17)21(26)22(27)24(19)9-8-23-10-12-28-13-11-23/h2-7,14,18-19H,8-13H2,1H3. The maximum Gasteiger partial charge on any atom is 0.291 e. The zero-order valence-corrected chi connectivity index (χ0v) is 17.2. The van der Waals surface area contributed by atoms with Crippen LogP contribution in [-0.4, -0.2) is 66.7 Å². The normalized spacial score (nSPS) is 23.0. The quantitative estimate of drug-likeness (QED) is 0.414. The maximum absolute atomic E-state index is 13.1. The van der Waals surface area contributed by atoms with E-state index in [1.54, 1.807) is 17.0 Å². The number of aryl methyl sites for hydroxylation is 1. The summed E-state index contributed by atoms with van der Waals surface area (Å²) in [6.07, 6.45) is 0. The van der Waals surface area contributed by atoms with E-state index in [0.717, 1.165) is 24.2 Å². The number of carbonyl (C=O) groups is 3. The lowest BCUT2D eigenvalue weighted by Gasteiger charge is -2.31. The summed E-state index contributed by atoms with van der Waals surface area (Å²) in [6.45, 7) is 6.02. The van der Waals surface area contributed by atoms with Crippen molar-refractivity contribution in [2.24, 2.45) is 5.92 Å². The molecule has 2 aliphatic heterocycles. The predicted molar refractivity (Wildman–Crippen MR) is 110 cm³/mol. The smallest absolute Gasteiger partial charge is 0.291 e. The number of Topliss-reactive ketones (excluding diaryl/α,β-unsaturated/α-hetero) is 2. The topological polar surface area (TPSA) is 66.9 Å². The number of hydrogen-bond acceptors (Lipinski definition) is 6. The lowest BCUT2D eigenvalue weighted by atomic mass is 9.88. The van der Waals surface area contributed by atoms with Crippen molar-refractivity contribution in [3.8, 4) is 0 Å². The molecule has 0 saturated carbocycles. The number of amides is 1. The molecule has 0 aliphatic carbocycles. The molecule has 2 unspecified atom stereocenters. The van der Waals surface area contributed by atoms with Crippen LogP contribution in [0.25, 0.3) is 0 Å². The van der Waals surface area contributed by atoms with Crippen LogP contribution in [0.1, 0.15) is 26.8 Å². The van der Waals surface area contributed by atoms with Crippen molar-refractivity contribution in [1.29, 1.82) is 0 Å². The highest BCUT2D eigenvalue weighted by atomic mass is 32.1. The Bertz CT molecular complexity index is 888. The van der Waals surface area contributed by atoms with Crippen LogP contribution in [0.5, 0.6) is 0 Å². The largest absolute Gasteiger partial charge is 0.379 e. The summed E-state index contributed by atoms with van der Waals surface area (Å²) >= 11 is 1.30. The molecule has 1 aromatic carbocycles. The maximum atomic E-state index is 13.1. The fourth-order valence-corrected chi connectivity index (χ4v) is 4.71. The van der Waals surface area contributed by atoms with E-state index in [-0.39, 0.29) is 5.78 Å². The molecule has 3 heterocycles. The highest BCUT2D eigenvalue weighted by Crippen LogP contribution is 2.38. The van der Waals surface area contributed by atoms with Crippen LogP contribution in [0.3, 0.4) is 0 Å². The van der Waals surface area contributed by atoms with Crippen LogP contribution < -0.4 is 0 Å². The van der Waals surface area contributed by atoms with Gasteiger partial charge in [0.1, 0.15) is 5.92 Å². The van der Waals surface area contributed by atoms with Crippen LogP contribution in [0, 0.1) is 12.8 Å². The van der Waals surface area contributed by atoms with Gasteiger partial charge in [-0.3, -0.25) is 19.3 Å². The molecule has 0 N–H and O–H groups in total. The molecule has 1 aromatic heterocycles. The van der Waals surface area contributed by atoms with Crippen LogP contribution in [-0.2, 0) is 14.3 Å². The van der Waals surface area contributed by atoms with Crippen molar-refractivity contribution >= 4 is 28.8 Å². The summed E-state index contributed by atoms with van der Waals surface area (Å²) in [6, 6.07) is 10.7. The van der Waals surface area contributed by atoms with Gasteiger partial charge in [-0.25, -0.2) is 0 Å². The summed E-state index contributed by atoms with van der Waals surface area (Å²) in [5, 5.41) is 1.81. The molecule has 2 aromatic rings. The van der Waals surface area contributed by atoms with E-state index in [1.807, 2.05) is 36.6 Å². The first kappa shape index (κ1) is 19.9. The molecule has 6 nitrogen and oxygen atoms in total. The highest BCUT2D eigenvalue weighted by molar-refractivity contribution is 7.12. The summed E-state index contributed by atoms with van der Waals surface area (Å²) < 4.78 is 5.38. The predicted octanol–water partition coefficient (Wildman–Crippen LogP) is 2.34. The SMILES string of the molecule is Cc1ccc(C2C(C(=O)c3cccs3)C(=O)C(=O)N2CCN2CCOCC2)cc1. The van der Waals surface area contributed by atoms with Crippen molar-refractivity contribution in [2.45, 2.75) is 13.0 Å². The number of rotatable bonds is 6. The lowest BCUT2D eigenvalue weighted by Crippen LogP contribution is -2.42. The second kappa shape index (κ2) is 8.57. The van der Waals surface area contributed by atoms with Gasteiger partial charge in [-0.15, -0.1) is 11.3 Å². The minimum Gasteiger partial charge on any atom is -0.379 e. The first-order valence-corrected chi connectivity index (χ1v) is 10.7. The third-order valence-electron chi connectivity index (χ3n) is 5.63. The molecule has 2 atom stereocenters. The van der Waals surface area contributed by atoms with Crippen LogP contribution in [0.4, 0.5) is 0 Å². The number of benzene rings is 1. The zero-order chi connectivity index (χ0) is 20.4. The minimum atomic E-state index is -0.992. The average Bonchev–Trinajstić information content (AvgIpc) is 3.36. The number of thiophene rings is 1. The van der Waals surface area contributed by atoms with Gasteiger partial charge in [-0.1, -0.05) is 35.9 Å². The van der Waals surface area contributed by atoms with E-state index in [2.05, 4.69) is 4.90 Å². The van der Waals surface area contributed by atoms with Gasteiger partial charge in [-0.05, 0) is 23.9 Å². The Balaban J connectivity index is 1.64. The summed E-state index contributed by atoms with van der Waals surface area (Å²) in [7, 11) is 0. The van der Waals surface area contributed by atoms with Gasteiger partial charge in [0.05, 0.1) is 24.1 Å². The molecular formula is C22H24N2O4S. The third-order valence-corrected chi connectivity index (χ3v) is 6.52.